The maximum atomic E-state index is 5.94. The molecule has 2 aliphatic rings. The van der Waals surface area contributed by atoms with Crippen LogP contribution in [0, 0.1) is 12.8 Å². The predicted molar refractivity (Wildman–Crippen MR) is 60.3 cm³/mol. The van der Waals surface area contributed by atoms with Crippen LogP contribution in [-0.2, 0) is 6.42 Å². The van der Waals surface area contributed by atoms with Gasteiger partial charge in [0.2, 0.25) is 0 Å². The monoisotopic (exact) mass is 203 g/mol. The summed E-state index contributed by atoms with van der Waals surface area (Å²) < 4.78 is 5.94. The summed E-state index contributed by atoms with van der Waals surface area (Å²) >= 11 is 0. The normalized spacial score (nSPS) is 24.5. The minimum atomic E-state index is 0.425. The minimum Gasteiger partial charge on any atom is -0.490 e. The van der Waals surface area contributed by atoms with Crippen molar-refractivity contribution in [2.45, 2.75) is 25.9 Å². The molecule has 80 valence electrons. The quantitative estimate of drug-likeness (QED) is 0.792. The molecule has 0 saturated carbocycles. The van der Waals surface area contributed by atoms with Crippen molar-refractivity contribution in [2.24, 2.45) is 5.92 Å². The Hall–Kier alpha value is -1.02. The van der Waals surface area contributed by atoms with Crippen LogP contribution in [-0.4, -0.2) is 19.2 Å². The van der Waals surface area contributed by atoms with E-state index in [1.807, 2.05) is 0 Å². The van der Waals surface area contributed by atoms with Crippen LogP contribution in [0.15, 0.2) is 18.2 Å². The molecular formula is C13H17NO. The highest BCUT2D eigenvalue weighted by Crippen LogP contribution is 2.32. The standard InChI is InChI=1S/C13H17NO/c1-9-2-3-13-11(4-9)6-12(15-13)5-10-7-14-8-10/h2-4,10,12,14H,5-8H2,1H3. The van der Waals surface area contributed by atoms with E-state index in [1.54, 1.807) is 0 Å². The fourth-order valence-corrected chi connectivity index (χ4v) is 2.47. The predicted octanol–water partition coefficient (Wildman–Crippen LogP) is 1.91. The van der Waals surface area contributed by atoms with Gasteiger partial charge in [-0.25, -0.2) is 0 Å². The number of rotatable bonds is 2. The van der Waals surface area contributed by atoms with Crippen LogP contribution in [0.2, 0.25) is 0 Å². The zero-order chi connectivity index (χ0) is 10.3. The summed E-state index contributed by atoms with van der Waals surface area (Å²) in [5.41, 5.74) is 2.73. The Morgan fingerprint density at radius 3 is 3.00 bits per heavy atom. The Morgan fingerprint density at radius 2 is 2.27 bits per heavy atom. The first-order valence-corrected chi connectivity index (χ1v) is 5.78. The number of hydrogen-bond acceptors (Lipinski definition) is 2. The third-order valence-corrected chi connectivity index (χ3v) is 3.42. The van der Waals surface area contributed by atoms with Gasteiger partial charge in [-0.2, -0.15) is 0 Å². The van der Waals surface area contributed by atoms with E-state index < -0.39 is 0 Å². The van der Waals surface area contributed by atoms with Gasteiger partial charge in [-0.15, -0.1) is 0 Å². The van der Waals surface area contributed by atoms with Crippen molar-refractivity contribution in [1.82, 2.24) is 5.32 Å². The largest absolute Gasteiger partial charge is 0.490 e. The van der Waals surface area contributed by atoms with Crippen molar-refractivity contribution in [2.75, 3.05) is 13.1 Å². The molecular weight excluding hydrogens is 186 g/mol. The molecule has 0 bridgehead atoms. The lowest BCUT2D eigenvalue weighted by Gasteiger charge is -2.29. The summed E-state index contributed by atoms with van der Waals surface area (Å²) in [6.07, 6.45) is 2.74. The summed E-state index contributed by atoms with van der Waals surface area (Å²) in [4.78, 5) is 0. The van der Waals surface area contributed by atoms with Crippen LogP contribution in [0.3, 0.4) is 0 Å². The van der Waals surface area contributed by atoms with Gasteiger partial charge in [-0.3, -0.25) is 0 Å². The molecule has 2 heteroatoms. The van der Waals surface area contributed by atoms with E-state index in [2.05, 4.69) is 30.4 Å². The average molecular weight is 203 g/mol. The van der Waals surface area contributed by atoms with Crippen LogP contribution in [0.4, 0.5) is 0 Å². The van der Waals surface area contributed by atoms with E-state index in [0.717, 1.165) is 18.1 Å². The maximum absolute atomic E-state index is 5.94. The SMILES string of the molecule is Cc1ccc2c(c1)CC(CC1CNC1)O2. The second-order valence-corrected chi connectivity index (χ2v) is 4.82. The third kappa shape index (κ3) is 1.74. The molecule has 1 atom stereocenters. The van der Waals surface area contributed by atoms with Gasteiger partial charge in [0.25, 0.3) is 0 Å². The Morgan fingerprint density at radius 1 is 1.40 bits per heavy atom. The summed E-state index contributed by atoms with van der Waals surface area (Å²) in [7, 11) is 0. The molecule has 1 saturated heterocycles. The topological polar surface area (TPSA) is 21.3 Å². The minimum absolute atomic E-state index is 0.425. The number of fused-ring (bicyclic) bond motifs is 1. The van der Waals surface area contributed by atoms with Crippen molar-refractivity contribution in [3.8, 4) is 5.75 Å². The van der Waals surface area contributed by atoms with Gasteiger partial charge in [-0.05, 0) is 44.0 Å². The van der Waals surface area contributed by atoms with Crippen LogP contribution < -0.4 is 10.1 Å². The Balaban J connectivity index is 1.68. The molecule has 2 heterocycles. The first kappa shape index (κ1) is 9.22. The number of ether oxygens (including phenoxy) is 1. The molecule has 1 aromatic rings. The van der Waals surface area contributed by atoms with E-state index in [-0.39, 0.29) is 0 Å². The van der Waals surface area contributed by atoms with Crippen LogP contribution in [0.25, 0.3) is 0 Å². The van der Waals surface area contributed by atoms with Crippen molar-refractivity contribution < 1.29 is 4.74 Å². The van der Waals surface area contributed by atoms with Crippen molar-refractivity contribution in [3.63, 3.8) is 0 Å². The van der Waals surface area contributed by atoms with Crippen LogP contribution in [0.1, 0.15) is 17.5 Å². The average Bonchev–Trinajstić information content (AvgIpc) is 2.53. The molecule has 3 rings (SSSR count). The first-order chi connectivity index (χ1) is 7.31. The van der Waals surface area contributed by atoms with E-state index >= 15 is 0 Å². The van der Waals surface area contributed by atoms with Gasteiger partial charge in [0.1, 0.15) is 11.9 Å². The van der Waals surface area contributed by atoms with Gasteiger partial charge in [0.15, 0.2) is 0 Å². The molecule has 2 nitrogen and oxygen atoms in total. The summed E-state index contributed by atoms with van der Waals surface area (Å²) in [5, 5.41) is 3.31. The smallest absolute Gasteiger partial charge is 0.123 e. The molecule has 0 spiro atoms. The Kier molecular flexibility index (Phi) is 2.17. The van der Waals surface area contributed by atoms with E-state index in [0.29, 0.717) is 6.10 Å². The maximum Gasteiger partial charge on any atom is 0.123 e. The highest BCUT2D eigenvalue weighted by Gasteiger charge is 2.28. The van der Waals surface area contributed by atoms with E-state index in [1.165, 1.54) is 30.6 Å². The Labute approximate surface area is 90.6 Å². The summed E-state index contributed by atoms with van der Waals surface area (Å²) in [5.74, 6) is 1.95. The number of hydrogen-bond donors (Lipinski definition) is 1. The van der Waals surface area contributed by atoms with Crippen molar-refractivity contribution >= 4 is 0 Å². The lowest BCUT2D eigenvalue weighted by atomic mass is 9.94. The molecule has 1 fully saturated rings. The van der Waals surface area contributed by atoms with Gasteiger partial charge < -0.3 is 10.1 Å². The van der Waals surface area contributed by atoms with E-state index in [9.17, 15) is 0 Å². The second kappa shape index (κ2) is 3.53. The molecule has 2 aliphatic heterocycles. The fraction of sp³-hybridized carbons (Fsp3) is 0.538. The zero-order valence-corrected chi connectivity index (χ0v) is 9.12. The Bertz CT molecular complexity index is 371. The summed E-state index contributed by atoms with van der Waals surface area (Å²) in [6, 6.07) is 6.50. The second-order valence-electron chi connectivity index (χ2n) is 4.82. The molecule has 15 heavy (non-hydrogen) atoms. The van der Waals surface area contributed by atoms with Gasteiger partial charge >= 0.3 is 0 Å². The molecule has 1 N–H and O–H groups in total. The van der Waals surface area contributed by atoms with Crippen LogP contribution >= 0.6 is 0 Å². The molecule has 1 unspecified atom stereocenters. The summed E-state index contributed by atoms with van der Waals surface area (Å²) in [6.45, 7) is 4.49. The number of benzene rings is 1. The zero-order valence-electron chi connectivity index (χ0n) is 9.12. The molecule has 0 amide bonds. The number of nitrogens with one attached hydrogen (secondary N) is 1. The van der Waals surface area contributed by atoms with Crippen molar-refractivity contribution in [1.29, 1.82) is 0 Å². The molecule has 0 radical (unpaired) electrons. The van der Waals surface area contributed by atoms with Gasteiger partial charge in [-0.1, -0.05) is 17.7 Å². The highest BCUT2D eigenvalue weighted by molar-refractivity contribution is 5.40. The van der Waals surface area contributed by atoms with Crippen molar-refractivity contribution in [3.05, 3.63) is 29.3 Å². The highest BCUT2D eigenvalue weighted by atomic mass is 16.5. The molecule has 0 aliphatic carbocycles. The lowest BCUT2D eigenvalue weighted by Crippen LogP contribution is -2.44. The third-order valence-electron chi connectivity index (χ3n) is 3.42. The lowest BCUT2D eigenvalue weighted by molar-refractivity contribution is 0.169. The fourth-order valence-electron chi connectivity index (χ4n) is 2.47. The van der Waals surface area contributed by atoms with Gasteiger partial charge in [0, 0.05) is 6.42 Å². The first-order valence-electron chi connectivity index (χ1n) is 5.78. The molecule has 1 aromatic carbocycles. The van der Waals surface area contributed by atoms with Gasteiger partial charge in [0.05, 0.1) is 0 Å². The number of aryl methyl sites for hydroxylation is 1. The van der Waals surface area contributed by atoms with Crippen LogP contribution in [0.5, 0.6) is 5.75 Å². The molecule has 0 aromatic heterocycles. The van der Waals surface area contributed by atoms with E-state index in [4.69, 9.17) is 4.74 Å².